The lowest BCUT2D eigenvalue weighted by Crippen LogP contribution is -2.43. The molecule has 6 aromatic heterocycles. The van der Waals surface area contributed by atoms with E-state index in [1.165, 1.54) is 0 Å². The van der Waals surface area contributed by atoms with Crippen molar-refractivity contribution in [3.05, 3.63) is 216 Å². The van der Waals surface area contributed by atoms with Gasteiger partial charge in [0.15, 0.2) is 16.9 Å². The first-order valence-corrected chi connectivity index (χ1v) is 29.5. The molecule has 0 radical (unpaired) electrons. The molecule has 12 aromatic rings. The van der Waals surface area contributed by atoms with Crippen LogP contribution in [0.4, 0.5) is 0 Å². The molecular weight excluding hydrogens is 1140 g/mol. The summed E-state index contributed by atoms with van der Waals surface area (Å²) in [5.74, 6) is 0. The Morgan fingerprint density at radius 2 is 0.791 bits per heavy atom. The standard InChI is InChI=1S/C25H25ClN6.C23H22ClN5O.C19H13ClN4/c1-18-17-31(14-13-30(18)2)15-16-32-25-21(23(29-32)19-9-5-3-6-10-19)22(26)24(27-28-25)20-11-7-4-8-12-20;24-20-19-21(16-7-3-1-4-8-16)27-29(14-13-28-12-11-18(30)15-28)23(19)26-25-22(20)17-9-5-2-6-10-17;1-2-24-19-15(17(23-24)13-9-5-3-6-10-13)16(20)18(21-22-19)14-11-7-4-8-12-14/h3-12H,1,13-17H2,2H3;1-10,18,30H,11-15H2;2-12H,1H2/t;18-;/m.1./s1. The van der Waals surface area contributed by atoms with Crippen molar-refractivity contribution >= 4 is 74.1 Å². The van der Waals surface area contributed by atoms with Crippen LogP contribution in [0.5, 0.6) is 0 Å². The molecule has 0 spiro atoms. The molecule has 430 valence electrons. The summed E-state index contributed by atoms with van der Waals surface area (Å²) in [7, 11) is 2.09. The summed E-state index contributed by atoms with van der Waals surface area (Å²) in [5, 5.41) is 55.0. The van der Waals surface area contributed by atoms with Crippen molar-refractivity contribution in [3.63, 3.8) is 0 Å². The van der Waals surface area contributed by atoms with Crippen molar-refractivity contribution in [1.82, 2.24) is 74.6 Å². The number of piperazine rings is 1. The maximum atomic E-state index is 9.79. The Hall–Kier alpha value is -9.00. The molecule has 0 saturated carbocycles. The Bertz CT molecular complexity index is 4320. The van der Waals surface area contributed by atoms with E-state index in [2.05, 4.69) is 82.7 Å². The zero-order valence-electron chi connectivity index (χ0n) is 47.2. The molecule has 1 N–H and O–H groups in total. The lowest BCUT2D eigenvalue weighted by atomic mass is 10.1. The second-order valence-corrected chi connectivity index (χ2v) is 22.1. The minimum atomic E-state index is -0.234. The number of β-amino-alcohol motifs (C(OH)–C–C–N with tert-alkyl or cyclic N) is 1. The van der Waals surface area contributed by atoms with Crippen LogP contribution in [0, 0.1) is 0 Å². The minimum absolute atomic E-state index is 0.234. The third kappa shape index (κ3) is 12.1. The number of hydrogen-bond acceptors (Lipinski definition) is 13. The number of rotatable bonds is 13. The molecule has 14 rings (SSSR count). The van der Waals surface area contributed by atoms with Gasteiger partial charge in [0, 0.05) is 98.1 Å². The fourth-order valence-electron chi connectivity index (χ4n) is 10.8. The molecule has 8 heterocycles. The van der Waals surface area contributed by atoms with E-state index in [-0.39, 0.29) is 6.10 Å². The van der Waals surface area contributed by atoms with Gasteiger partial charge in [0.05, 0.1) is 50.4 Å². The molecular formula is C67H60Cl3N15O. The zero-order valence-corrected chi connectivity index (χ0v) is 49.5. The van der Waals surface area contributed by atoms with Gasteiger partial charge in [-0.2, -0.15) is 15.3 Å². The van der Waals surface area contributed by atoms with Gasteiger partial charge in [-0.05, 0) is 6.42 Å². The first kappa shape index (κ1) is 57.4. The average molecular weight is 1200 g/mol. The Labute approximate surface area is 512 Å². The van der Waals surface area contributed by atoms with E-state index in [4.69, 9.17) is 45.0 Å². The lowest BCUT2D eigenvalue weighted by molar-refractivity contribution is 0.175. The van der Waals surface area contributed by atoms with Crippen molar-refractivity contribution < 1.29 is 5.11 Å². The Kier molecular flexibility index (Phi) is 17.4. The number of hydrogen-bond donors (Lipinski definition) is 1. The highest BCUT2D eigenvalue weighted by Gasteiger charge is 2.26. The maximum absolute atomic E-state index is 9.79. The molecule has 2 fully saturated rings. The topological polar surface area (TPSA) is 161 Å². The van der Waals surface area contributed by atoms with Crippen molar-refractivity contribution in [1.29, 1.82) is 0 Å². The average Bonchev–Trinajstić information content (AvgIpc) is 4.26. The SMILES string of the molecule is C=C1CN(CCn2nc(-c3ccccc3)c3c(Cl)c(-c4ccccc4)nnc32)CCN1C.C=Cn1nc(-c2ccccc2)c2c(Cl)c(-c3ccccc3)nnc21.O[C@@H]1CCN(CCn2nc(-c3ccccc3)c3c(Cl)c(-c4ccccc4)nnc32)C1. The molecule has 1 atom stereocenters. The van der Waals surface area contributed by atoms with E-state index >= 15 is 0 Å². The summed E-state index contributed by atoms with van der Waals surface area (Å²) in [6.07, 6.45) is 2.19. The molecule has 16 nitrogen and oxygen atoms in total. The molecule has 6 aromatic carbocycles. The lowest BCUT2D eigenvalue weighted by Gasteiger charge is -2.35. The van der Waals surface area contributed by atoms with Gasteiger partial charge in [-0.1, -0.05) is 230 Å². The molecule has 0 unspecified atom stereocenters. The van der Waals surface area contributed by atoms with Crippen LogP contribution in [0.1, 0.15) is 6.42 Å². The van der Waals surface area contributed by atoms with Gasteiger partial charge in [0.25, 0.3) is 0 Å². The van der Waals surface area contributed by atoms with Crippen LogP contribution < -0.4 is 0 Å². The van der Waals surface area contributed by atoms with Gasteiger partial charge in [0.2, 0.25) is 0 Å². The molecule has 86 heavy (non-hydrogen) atoms. The number of benzene rings is 6. The summed E-state index contributed by atoms with van der Waals surface area (Å²) in [4.78, 5) is 6.85. The molecule has 2 aliphatic rings. The number of halogens is 3. The Morgan fingerprint density at radius 1 is 0.442 bits per heavy atom. The van der Waals surface area contributed by atoms with Crippen LogP contribution >= 0.6 is 34.8 Å². The highest BCUT2D eigenvalue weighted by molar-refractivity contribution is 6.40. The fraction of sp³-hybridized carbons (Fsp3) is 0.179. The normalized spacial score (nSPS) is 14.5. The van der Waals surface area contributed by atoms with Crippen molar-refractivity contribution in [2.45, 2.75) is 25.6 Å². The summed E-state index contributed by atoms with van der Waals surface area (Å²) >= 11 is 20.5. The first-order valence-electron chi connectivity index (χ1n) is 28.4. The predicted molar refractivity (Wildman–Crippen MR) is 345 cm³/mol. The number of likely N-dealkylation sites (tertiary alicyclic amines) is 1. The molecule has 19 heteroatoms. The second-order valence-electron chi connectivity index (χ2n) is 21.0. The van der Waals surface area contributed by atoms with Crippen LogP contribution in [0.25, 0.3) is 107 Å². The third-order valence-electron chi connectivity index (χ3n) is 15.4. The Balaban J connectivity index is 0.000000128. The van der Waals surface area contributed by atoms with E-state index in [9.17, 15) is 5.11 Å². The molecule has 0 bridgehead atoms. The summed E-state index contributed by atoms with van der Waals surface area (Å²) in [6, 6.07) is 59.6. The van der Waals surface area contributed by atoms with E-state index in [0.29, 0.717) is 68.7 Å². The van der Waals surface area contributed by atoms with Crippen LogP contribution in [-0.4, -0.2) is 139 Å². The minimum Gasteiger partial charge on any atom is -0.392 e. The number of aliphatic hydroxyl groups is 1. The number of likely N-dealkylation sites (N-methyl/N-ethyl adjacent to an activating group) is 1. The van der Waals surface area contributed by atoms with E-state index < -0.39 is 0 Å². The summed E-state index contributed by atoms with van der Waals surface area (Å²) in [5.41, 5.74) is 13.3. The number of aromatic nitrogens is 12. The number of nitrogens with zero attached hydrogens (tertiary/aromatic N) is 15. The van der Waals surface area contributed by atoms with E-state index in [0.717, 1.165) is 118 Å². The molecule has 0 amide bonds. The molecule has 2 saturated heterocycles. The highest BCUT2D eigenvalue weighted by Crippen LogP contribution is 2.40. The van der Waals surface area contributed by atoms with Gasteiger partial charge in [-0.15, -0.1) is 30.6 Å². The third-order valence-corrected chi connectivity index (χ3v) is 16.5. The highest BCUT2D eigenvalue weighted by atomic mass is 35.5. The van der Waals surface area contributed by atoms with Crippen LogP contribution in [0.15, 0.2) is 201 Å². The Morgan fingerprint density at radius 3 is 1.15 bits per heavy atom. The second kappa shape index (κ2) is 26.1. The smallest absolute Gasteiger partial charge is 0.186 e. The van der Waals surface area contributed by atoms with Crippen LogP contribution in [0.2, 0.25) is 15.1 Å². The largest absolute Gasteiger partial charge is 0.392 e. The molecule has 0 aliphatic carbocycles. The van der Waals surface area contributed by atoms with Gasteiger partial charge in [-0.3, -0.25) is 9.80 Å². The predicted octanol–water partition coefficient (Wildman–Crippen LogP) is 13.4. The van der Waals surface area contributed by atoms with E-state index in [1.807, 2.05) is 179 Å². The monoisotopic (exact) mass is 1200 g/mol. The summed E-state index contributed by atoms with van der Waals surface area (Å²) in [6.45, 7) is 15.4. The number of fused-ring (bicyclic) bond motifs is 3. The number of aliphatic hydroxyl groups excluding tert-OH is 1. The first-order chi connectivity index (χ1) is 42.1. The quantitative estimate of drug-likeness (QED) is 0.116. The summed E-state index contributed by atoms with van der Waals surface area (Å²) < 4.78 is 5.42. The van der Waals surface area contributed by atoms with Crippen molar-refractivity contribution in [2.75, 3.05) is 52.9 Å². The van der Waals surface area contributed by atoms with Crippen LogP contribution in [0.3, 0.4) is 0 Å². The van der Waals surface area contributed by atoms with Crippen molar-refractivity contribution in [2.24, 2.45) is 0 Å². The van der Waals surface area contributed by atoms with Gasteiger partial charge < -0.3 is 10.0 Å². The van der Waals surface area contributed by atoms with Crippen molar-refractivity contribution in [3.8, 4) is 67.5 Å². The van der Waals surface area contributed by atoms with Gasteiger partial charge in [0.1, 0.15) is 34.2 Å². The van der Waals surface area contributed by atoms with Crippen LogP contribution in [-0.2, 0) is 13.1 Å². The fourth-order valence-corrected chi connectivity index (χ4v) is 11.7. The maximum Gasteiger partial charge on any atom is 0.186 e. The zero-order chi connectivity index (χ0) is 59.1. The van der Waals surface area contributed by atoms with E-state index in [1.54, 1.807) is 10.9 Å². The van der Waals surface area contributed by atoms with Gasteiger partial charge in [-0.25, -0.2) is 14.0 Å². The van der Waals surface area contributed by atoms with Gasteiger partial charge >= 0.3 is 0 Å². The molecule has 2 aliphatic heterocycles.